The smallest absolute Gasteiger partial charge is 0.378 e. The number of ether oxygens (including phenoxy) is 1. The Morgan fingerprint density at radius 3 is 2.54 bits per heavy atom. The highest BCUT2D eigenvalue weighted by atomic mass is 35.5. The first kappa shape index (κ1) is 27.0. The van der Waals surface area contributed by atoms with Gasteiger partial charge in [-0.2, -0.15) is 13.2 Å². The maximum absolute atomic E-state index is 13.1. The lowest BCUT2D eigenvalue weighted by molar-refractivity contribution is -0.137. The quantitative estimate of drug-likeness (QED) is 0.447. The van der Waals surface area contributed by atoms with Crippen molar-refractivity contribution in [2.75, 3.05) is 36.5 Å². The van der Waals surface area contributed by atoms with Crippen LogP contribution in [0.5, 0.6) is 0 Å². The molecule has 2 N–H and O–H groups in total. The normalized spacial score (nSPS) is 14.8. The molecule has 1 saturated heterocycles. The van der Waals surface area contributed by atoms with E-state index < -0.39 is 34.6 Å². The fourth-order valence-electron chi connectivity index (χ4n) is 3.34. The average Bonchev–Trinajstić information content (AvgIpc) is 3.36. The van der Waals surface area contributed by atoms with Gasteiger partial charge in [-0.1, -0.05) is 23.2 Å². The largest absolute Gasteiger partial charge is 0.418 e. The number of nitrogens with one attached hydrogen (secondary N) is 2. The predicted octanol–water partition coefficient (Wildman–Crippen LogP) is 4.23. The standard InChI is InChI=1S/C21H18Cl2F3N7O3S/c1-10(31-19(35)16-15(23)17(30-9-29-16)33-2-4-36-5-3-33)20-28-8-13(37-20)18(34)32-14-6-11(21(24,25)26)12(22)7-27-14/h6-10H,2-5H2,1H3,(H,31,35)(H,27,32,34)/t10-/m1/s1. The SMILES string of the molecule is C[C@@H](NC(=O)c1ncnc(N2CCOCC2)c1Cl)c1ncc(C(=O)Nc2cc(C(F)(F)F)c(Cl)cn2)s1. The Morgan fingerprint density at radius 1 is 1.11 bits per heavy atom. The summed E-state index contributed by atoms with van der Waals surface area (Å²) in [6.45, 7) is 3.81. The lowest BCUT2D eigenvalue weighted by Crippen LogP contribution is -2.37. The Morgan fingerprint density at radius 2 is 1.84 bits per heavy atom. The van der Waals surface area contributed by atoms with Crippen molar-refractivity contribution in [2.24, 2.45) is 0 Å². The second kappa shape index (κ2) is 11.1. The van der Waals surface area contributed by atoms with E-state index in [-0.39, 0.29) is 21.4 Å². The van der Waals surface area contributed by atoms with E-state index in [0.29, 0.717) is 43.2 Å². The fraction of sp³-hybridized carbons (Fsp3) is 0.333. The van der Waals surface area contributed by atoms with Crippen LogP contribution in [0.2, 0.25) is 10.0 Å². The second-order valence-electron chi connectivity index (χ2n) is 7.72. The Balaban J connectivity index is 1.43. The summed E-state index contributed by atoms with van der Waals surface area (Å²) in [6, 6.07) is 0.00388. The molecule has 0 spiro atoms. The maximum atomic E-state index is 13.1. The zero-order valence-corrected chi connectivity index (χ0v) is 21.3. The maximum Gasteiger partial charge on any atom is 0.418 e. The number of thiazole rings is 1. The lowest BCUT2D eigenvalue weighted by atomic mass is 10.2. The number of pyridine rings is 1. The summed E-state index contributed by atoms with van der Waals surface area (Å²) >= 11 is 12.9. The first-order valence-electron chi connectivity index (χ1n) is 10.7. The molecule has 1 aliphatic heterocycles. The van der Waals surface area contributed by atoms with Gasteiger partial charge in [0.15, 0.2) is 11.5 Å². The third-order valence-electron chi connectivity index (χ3n) is 5.16. The van der Waals surface area contributed by atoms with Crippen molar-refractivity contribution in [1.29, 1.82) is 0 Å². The molecule has 196 valence electrons. The number of hydrogen-bond donors (Lipinski definition) is 2. The average molecular weight is 576 g/mol. The molecule has 1 fully saturated rings. The van der Waals surface area contributed by atoms with Crippen LogP contribution in [0.25, 0.3) is 0 Å². The van der Waals surface area contributed by atoms with Crippen LogP contribution >= 0.6 is 34.5 Å². The van der Waals surface area contributed by atoms with Gasteiger partial charge in [-0.15, -0.1) is 11.3 Å². The Hall–Kier alpha value is -3.07. The number of morpholine rings is 1. The number of carbonyl (C=O) groups excluding carboxylic acids is 2. The topological polar surface area (TPSA) is 122 Å². The van der Waals surface area contributed by atoms with E-state index in [0.717, 1.165) is 17.5 Å². The number of rotatable bonds is 6. The predicted molar refractivity (Wildman–Crippen MR) is 130 cm³/mol. The molecule has 4 rings (SSSR count). The van der Waals surface area contributed by atoms with Gasteiger partial charge in [-0.05, 0) is 13.0 Å². The summed E-state index contributed by atoms with van der Waals surface area (Å²) in [5, 5.41) is 4.90. The molecule has 0 bridgehead atoms. The molecule has 1 aliphatic rings. The molecule has 0 saturated carbocycles. The molecule has 0 aliphatic carbocycles. The van der Waals surface area contributed by atoms with E-state index in [4.69, 9.17) is 27.9 Å². The number of anilines is 2. The molecule has 0 aromatic carbocycles. The van der Waals surface area contributed by atoms with Gasteiger partial charge < -0.3 is 20.3 Å². The zero-order valence-electron chi connectivity index (χ0n) is 19.0. The van der Waals surface area contributed by atoms with Crippen molar-refractivity contribution < 1.29 is 27.5 Å². The minimum atomic E-state index is -4.71. The molecular formula is C21H18Cl2F3N7O3S. The van der Waals surface area contributed by atoms with Gasteiger partial charge in [0.25, 0.3) is 11.8 Å². The van der Waals surface area contributed by atoms with E-state index in [9.17, 15) is 22.8 Å². The van der Waals surface area contributed by atoms with E-state index in [1.807, 2.05) is 4.90 Å². The summed E-state index contributed by atoms with van der Waals surface area (Å²) in [6.07, 6.45) is -1.41. The molecule has 16 heteroatoms. The van der Waals surface area contributed by atoms with Gasteiger partial charge in [0.05, 0.1) is 36.0 Å². The van der Waals surface area contributed by atoms with Gasteiger partial charge in [-0.25, -0.2) is 19.9 Å². The van der Waals surface area contributed by atoms with Crippen molar-refractivity contribution in [3.63, 3.8) is 0 Å². The van der Waals surface area contributed by atoms with Gasteiger partial charge in [-0.3, -0.25) is 9.59 Å². The van der Waals surface area contributed by atoms with Gasteiger partial charge in [0.1, 0.15) is 27.1 Å². The Kier molecular flexibility index (Phi) is 8.11. The van der Waals surface area contributed by atoms with Gasteiger partial charge in [0, 0.05) is 19.3 Å². The Labute approximate surface area is 222 Å². The zero-order chi connectivity index (χ0) is 26.7. The van der Waals surface area contributed by atoms with E-state index >= 15 is 0 Å². The number of aromatic nitrogens is 4. The molecule has 3 aromatic heterocycles. The van der Waals surface area contributed by atoms with Crippen molar-refractivity contribution >= 4 is 58.0 Å². The van der Waals surface area contributed by atoms with Crippen molar-refractivity contribution in [1.82, 2.24) is 25.3 Å². The van der Waals surface area contributed by atoms with Crippen molar-refractivity contribution in [3.05, 3.63) is 56.0 Å². The monoisotopic (exact) mass is 575 g/mol. The molecule has 3 aromatic rings. The fourth-order valence-corrected chi connectivity index (χ4v) is 4.67. The molecule has 4 heterocycles. The number of alkyl halides is 3. The van der Waals surface area contributed by atoms with E-state index in [1.54, 1.807) is 6.92 Å². The molecule has 10 nitrogen and oxygen atoms in total. The van der Waals surface area contributed by atoms with Gasteiger partial charge >= 0.3 is 6.18 Å². The summed E-state index contributed by atoms with van der Waals surface area (Å²) < 4.78 is 44.5. The third-order valence-corrected chi connectivity index (χ3v) is 6.99. The second-order valence-corrected chi connectivity index (χ2v) is 9.57. The molecule has 0 radical (unpaired) electrons. The third kappa shape index (κ3) is 6.26. The van der Waals surface area contributed by atoms with Crippen LogP contribution in [0, 0.1) is 0 Å². The number of hydrogen-bond acceptors (Lipinski definition) is 9. The van der Waals surface area contributed by atoms with E-state index in [2.05, 4.69) is 30.6 Å². The Bertz CT molecular complexity index is 1320. The summed E-state index contributed by atoms with van der Waals surface area (Å²) in [4.78, 5) is 43.4. The van der Waals surface area contributed by atoms with Crippen LogP contribution in [0.15, 0.2) is 24.8 Å². The lowest BCUT2D eigenvalue weighted by Gasteiger charge is -2.28. The summed E-state index contributed by atoms with van der Waals surface area (Å²) in [7, 11) is 0. The van der Waals surface area contributed by atoms with Crippen molar-refractivity contribution in [3.8, 4) is 0 Å². The number of amides is 2. The highest BCUT2D eigenvalue weighted by molar-refractivity contribution is 7.13. The molecular weight excluding hydrogens is 558 g/mol. The van der Waals surface area contributed by atoms with E-state index in [1.165, 1.54) is 12.5 Å². The first-order chi connectivity index (χ1) is 17.5. The number of halogens is 5. The number of carbonyl (C=O) groups is 2. The molecule has 2 amide bonds. The van der Waals surface area contributed by atoms with Gasteiger partial charge in [0.2, 0.25) is 0 Å². The van der Waals surface area contributed by atoms with Crippen LogP contribution in [0.3, 0.4) is 0 Å². The van der Waals surface area contributed by atoms with Crippen molar-refractivity contribution in [2.45, 2.75) is 19.1 Å². The summed E-state index contributed by atoms with van der Waals surface area (Å²) in [5.41, 5.74) is -1.14. The number of nitrogens with zero attached hydrogens (tertiary/aromatic N) is 5. The van der Waals surface area contributed by atoms with Crippen LogP contribution in [-0.4, -0.2) is 58.1 Å². The minimum absolute atomic E-state index is 0.0196. The first-order valence-corrected chi connectivity index (χ1v) is 12.3. The van der Waals surface area contributed by atoms with Crippen LogP contribution in [0.4, 0.5) is 24.8 Å². The van der Waals surface area contributed by atoms with Crippen LogP contribution < -0.4 is 15.5 Å². The highest BCUT2D eigenvalue weighted by Gasteiger charge is 2.34. The molecule has 0 unspecified atom stereocenters. The van der Waals surface area contributed by atoms with Crippen LogP contribution in [0.1, 0.15) is 43.7 Å². The minimum Gasteiger partial charge on any atom is -0.378 e. The highest BCUT2D eigenvalue weighted by Crippen LogP contribution is 2.35. The molecule has 1 atom stereocenters. The van der Waals surface area contributed by atoms with Crippen LogP contribution in [-0.2, 0) is 10.9 Å². The summed E-state index contributed by atoms with van der Waals surface area (Å²) in [5.74, 6) is -1.19. The molecule has 37 heavy (non-hydrogen) atoms.